The number of aromatic nitrogens is 3. The number of nitrogens with zero attached hydrogens (tertiary/aromatic N) is 3. The van der Waals surface area contributed by atoms with Crippen LogP contribution in [0.3, 0.4) is 0 Å². The van der Waals surface area contributed by atoms with Gasteiger partial charge in [-0.15, -0.1) is 0 Å². The first-order valence-corrected chi connectivity index (χ1v) is 11.0. The highest BCUT2D eigenvalue weighted by molar-refractivity contribution is 7.71. The van der Waals surface area contributed by atoms with Gasteiger partial charge in [0.1, 0.15) is 0 Å². The molecule has 2 N–H and O–H groups in total. The van der Waals surface area contributed by atoms with Crippen molar-refractivity contribution >= 4 is 18.1 Å². The molecular weight excluding hydrogens is 406 g/mol. The number of aromatic amines is 1. The van der Waals surface area contributed by atoms with Gasteiger partial charge in [0, 0.05) is 25.1 Å². The zero-order valence-corrected chi connectivity index (χ0v) is 19.5. The Kier molecular flexibility index (Phi) is 7.76. The molecule has 1 aromatic heterocycles. The SMILES string of the molecule is CCc1ccc(C(CNC(=O)CCn2c(-c3cccc(C)c3)n[nH]c2=S)N(C)C)cc1. The van der Waals surface area contributed by atoms with Gasteiger partial charge < -0.3 is 10.2 Å². The van der Waals surface area contributed by atoms with Crippen molar-refractivity contribution in [2.45, 2.75) is 39.3 Å². The Morgan fingerprint density at radius 3 is 2.61 bits per heavy atom. The van der Waals surface area contributed by atoms with Gasteiger partial charge in [-0.3, -0.25) is 14.5 Å². The van der Waals surface area contributed by atoms with E-state index in [1.165, 1.54) is 11.1 Å². The zero-order chi connectivity index (χ0) is 22.4. The van der Waals surface area contributed by atoms with Crippen molar-refractivity contribution in [1.82, 2.24) is 25.0 Å². The van der Waals surface area contributed by atoms with Gasteiger partial charge in [0.2, 0.25) is 5.91 Å². The van der Waals surface area contributed by atoms with Gasteiger partial charge in [0.25, 0.3) is 0 Å². The van der Waals surface area contributed by atoms with Gasteiger partial charge in [-0.1, -0.05) is 55.0 Å². The summed E-state index contributed by atoms with van der Waals surface area (Å²) in [6, 6.07) is 16.8. The van der Waals surface area contributed by atoms with Gasteiger partial charge in [0.05, 0.1) is 6.04 Å². The number of nitrogens with one attached hydrogen (secondary N) is 2. The molecule has 0 bridgehead atoms. The molecule has 2 aromatic carbocycles. The molecule has 1 heterocycles. The third-order valence-electron chi connectivity index (χ3n) is 5.49. The summed E-state index contributed by atoms with van der Waals surface area (Å²) in [6.07, 6.45) is 1.35. The van der Waals surface area contributed by atoms with Crippen molar-refractivity contribution in [2.24, 2.45) is 0 Å². The molecule has 1 amide bonds. The van der Waals surface area contributed by atoms with Crippen LogP contribution in [0.4, 0.5) is 0 Å². The van der Waals surface area contributed by atoms with E-state index in [0.29, 0.717) is 24.3 Å². The van der Waals surface area contributed by atoms with Crippen molar-refractivity contribution < 1.29 is 4.79 Å². The van der Waals surface area contributed by atoms with Gasteiger partial charge in [-0.05, 0) is 56.9 Å². The Hall–Kier alpha value is -2.77. The van der Waals surface area contributed by atoms with E-state index in [1.54, 1.807) is 0 Å². The maximum atomic E-state index is 12.6. The predicted molar refractivity (Wildman–Crippen MR) is 127 cm³/mol. The summed E-state index contributed by atoms with van der Waals surface area (Å²) in [5.41, 5.74) is 4.64. The molecule has 3 rings (SSSR count). The van der Waals surface area contributed by atoms with E-state index in [4.69, 9.17) is 12.2 Å². The van der Waals surface area contributed by atoms with E-state index in [2.05, 4.69) is 57.7 Å². The number of amides is 1. The van der Waals surface area contributed by atoms with E-state index >= 15 is 0 Å². The highest BCUT2D eigenvalue weighted by Crippen LogP contribution is 2.20. The molecule has 0 saturated carbocycles. The number of benzene rings is 2. The fraction of sp³-hybridized carbons (Fsp3) is 0.375. The third kappa shape index (κ3) is 5.89. The molecule has 0 saturated heterocycles. The Morgan fingerprint density at radius 2 is 1.97 bits per heavy atom. The lowest BCUT2D eigenvalue weighted by Crippen LogP contribution is -2.34. The maximum absolute atomic E-state index is 12.6. The van der Waals surface area contributed by atoms with Gasteiger partial charge in [-0.25, -0.2) is 0 Å². The zero-order valence-electron chi connectivity index (χ0n) is 18.7. The molecule has 164 valence electrons. The second-order valence-corrected chi connectivity index (χ2v) is 8.39. The van der Waals surface area contributed by atoms with Crippen LogP contribution < -0.4 is 5.32 Å². The van der Waals surface area contributed by atoms with Crippen LogP contribution in [0.1, 0.15) is 36.1 Å². The average Bonchev–Trinajstić information content (AvgIpc) is 3.13. The molecule has 7 heteroatoms. The standard InChI is InChI=1S/C24H31N5OS/c1-5-18-9-11-19(12-10-18)21(28(3)4)16-25-22(30)13-14-29-23(26-27-24(29)31)20-8-6-7-17(2)15-20/h6-12,15,21H,5,13-14,16H2,1-4H3,(H,25,30)(H,27,31). The van der Waals surface area contributed by atoms with E-state index in [1.807, 2.05) is 43.8 Å². The molecule has 6 nitrogen and oxygen atoms in total. The van der Waals surface area contributed by atoms with Crippen LogP contribution in [0, 0.1) is 11.7 Å². The van der Waals surface area contributed by atoms with Crippen LogP contribution in [0.5, 0.6) is 0 Å². The van der Waals surface area contributed by atoms with Crippen LogP contribution in [-0.2, 0) is 17.8 Å². The number of H-pyrrole nitrogens is 1. The van der Waals surface area contributed by atoms with E-state index in [0.717, 1.165) is 23.4 Å². The predicted octanol–water partition coefficient (Wildman–Crippen LogP) is 4.29. The van der Waals surface area contributed by atoms with E-state index in [9.17, 15) is 4.79 Å². The Bertz CT molecular complexity index is 1070. The number of carbonyl (C=O) groups excluding carboxylic acids is 1. The lowest BCUT2D eigenvalue weighted by molar-refractivity contribution is -0.121. The molecule has 1 atom stereocenters. The quantitative estimate of drug-likeness (QED) is 0.490. The average molecular weight is 438 g/mol. The number of likely N-dealkylation sites (N-methyl/N-ethyl adjacent to an activating group) is 1. The normalized spacial score (nSPS) is 12.2. The first-order chi connectivity index (χ1) is 14.9. The molecule has 0 spiro atoms. The fourth-order valence-electron chi connectivity index (χ4n) is 3.62. The van der Waals surface area contributed by atoms with Crippen molar-refractivity contribution in [3.63, 3.8) is 0 Å². The molecule has 3 aromatic rings. The lowest BCUT2D eigenvalue weighted by Gasteiger charge is -2.25. The third-order valence-corrected chi connectivity index (χ3v) is 5.80. The topological polar surface area (TPSA) is 66.0 Å². The van der Waals surface area contributed by atoms with Crippen molar-refractivity contribution in [3.05, 3.63) is 70.0 Å². The van der Waals surface area contributed by atoms with Crippen LogP contribution in [0.15, 0.2) is 48.5 Å². The number of hydrogen-bond donors (Lipinski definition) is 2. The van der Waals surface area contributed by atoms with Crippen LogP contribution in [0.25, 0.3) is 11.4 Å². The van der Waals surface area contributed by atoms with Crippen molar-refractivity contribution in [3.8, 4) is 11.4 Å². The Balaban J connectivity index is 1.62. The highest BCUT2D eigenvalue weighted by atomic mass is 32.1. The molecule has 0 aliphatic heterocycles. The Morgan fingerprint density at radius 1 is 1.23 bits per heavy atom. The second kappa shape index (κ2) is 10.5. The molecule has 1 unspecified atom stereocenters. The van der Waals surface area contributed by atoms with Gasteiger partial charge in [-0.2, -0.15) is 5.10 Å². The monoisotopic (exact) mass is 437 g/mol. The summed E-state index contributed by atoms with van der Waals surface area (Å²) in [6.45, 7) is 5.22. The number of aryl methyl sites for hydroxylation is 2. The molecule has 0 radical (unpaired) electrons. The van der Waals surface area contributed by atoms with Gasteiger partial charge >= 0.3 is 0 Å². The summed E-state index contributed by atoms with van der Waals surface area (Å²) in [5.74, 6) is 0.749. The lowest BCUT2D eigenvalue weighted by atomic mass is 10.0. The minimum absolute atomic E-state index is 0.00433. The largest absolute Gasteiger partial charge is 0.354 e. The first kappa shape index (κ1) is 22.9. The van der Waals surface area contributed by atoms with Crippen LogP contribution in [0.2, 0.25) is 0 Å². The summed E-state index contributed by atoms with van der Waals surface area (Å²) in [4.78, 5) is 14.7. The highest BCUT2D eigenvalue weighted by Gasteiger charge is 2.16. The molecule has 0 fully saturated rings. The molecule has 0 aliphatic carbocycles. The Labute approximate surface area is 189 Å². The van der Waals surface area contributed by atoms with E-state index in [-0.39, 0.29) is 11.9 Å². The molecule has 0 aliphatic rings. The summed E-state index contributed by atoms with van der Waals surface area (Å²) < 4.78 is 2.41. The smallest absolute Gasteiger partial charge is 0.221 e. The molecular formula is C24H31N5OS. The van der Waals surface area contributed by atoms with Crippen LogP contribution >= 0.6 is 12.2 Å². The summed E-state index contributed by atoms with van der Waals surface area (Å²) in [7, 11) is 4.06. The van der Waals surface area contributed by atoms with Crippen LogP contribution in [-0.4, -0.2) is 46.2 Å². The molecule has 31 heavy (non-hydrogen) atoms. The minimum atomic E-state index is -0.00433. The van der Waals surface area contributed by atoms with Crippen molar-refractivity contribution in [2.75, 3.05) is 20.6 Å². The first-order valence-electron chi connectivity index (χ1n) is 10.6. The summed E-state index contributed by atoms with van der Waals surface area (Å²) in [5, 5.41) is 10.3. The maximum Gasteiger partial charge on any atom is 0.221 e. The van der Waals surface area contributed by atoms with E-state index < -0.39 is 0 Å². The van der Waals surface area contributed by atoms with Crippen molar-refractivity contribution in [1.29, 1.82) is 0 Å². The van der Waals surface area contributed by atoms with Gasteiger partial charge in [0.15, 0.2) is 10.6 Å². The minimum Gasteiger partial charge on any atom is -0.354 e. The second-order valence-electron chi connectivity index (χ2n) is 8.00. The number of rotatable bonds is 9. The number of carbonyl (C=O) groups is 1. The number of hydrogen-bond acceptors (Lipinski definition) is 4. The fourth-order valence-corrected chi connectivity index (χ4v) is 3.84. The summed E-state index contributed by atoms with van der Waals surface area (Å²) >= 11 is 5.39.